The normalized spacial score (nSPS) is 28.8. The number of terminal acetylenes is 1. The fourth-order valence-electron chi connectivity index (χ4n) is 3.22. The van der Waals surface area contributed by atoms with Gasteiger partial charge in [-0.15, -0.1) is 6.42 Å². The molecule has 0 saturated carbocycles. The van der Waals surface area contributed by atoms with Gasteiger partial charge in [0.1, 0.15) is 5.75 Å². The molecule has 0 bridgehead atoms. The number of carbonyl (C=O) groups excluding carboxylic acids is 1. The Hall–Kier alpha value is -1.99. The average molecular weight is 270 g/mol. The van der Waals surface area contributed by atoms with Crippen molar-refractivity contribution < 1.29 is 9.53 Å². The predicted octanol–water partition coefficient (Wildman–Crippen LogP) is 1.16. The van der Waals surface area contributed by atoms with E-state index in [2.05, 4.69) is 16.1 Å². The number of ether oxygens (including phenoxy) is 1. The molecule has 1 aromatic carbocycles. The van der Waals surface area contributed by atoms with Crippen molar-refractivity contribution in [1.82, 2.24) is 10.2 Å². The van der Waals surface area contributed by atoms with Crippen molar-refractivity contribution in [2.75, 3.05) is 13.7 Å². The van der Waals surface area contributed by atoms with Crippen molar-refractivity contribution in [3.63, 3.8) is 0 Å². The molecule has 1 amide bonds. The van der Waals surface area contributed by atoms with Gasteiger partial charge < -0.3 is 10.1 Å². The van der Waals surface area contributed by atoms with Gasteiger partial charge in [0, 0.05) is 19.5 Å². The lowest BCUT2D eigenvalue weighted by molar-refractivity contribution is -0.121. The summed E-state index contributed by atoms with van der Waals surface area (Å²) in [6.07, 6.45) is 7.10. The molecule has 1 N–H and O–H groups in total. The second-order valence-corrected chi connectivity index (χ2v) is 5.53. The Morgan fingerprint density at radius 2 is 2.25 bits per heavy atom. The minimum absolute atomic E-state index is 0.00366. The van der Waals surface area contributed by atoms with E-state index in [9.17, 15) is 4.79 Å². The van der Waals surface area contributed by atoms with Crippen LogP contribution in [0.5, 0.6) is 5.75 Å². The van der Waals surface area contributed by atoms with E-state index in [4.69, 9.17) is 11.2 Å². The van der Waals surface area contributed by atoms with E-state index in [1.165, 1.54) is 5.56 Å². The van der Waals surface area contributed by atoms with Gasteiger partial charge >= 0.3 is 0 Å². The van der Waals surface area contributed by atoms with Gasteiger partial charge in [-0.2, -0.15) is 0 Å². The molecule has 2 saturated heterocycles. The van der Waals surface area contributed by atoms with Crippen LogP contribution in [0.1, 0.15) is 18.4 Å². The molecule has 2 unspecified atom stereocenters. The maximum absolute atomic E-state index is 11.4. The third-order valence-electron chi connectivity index (χ3n) is 4.26. The van der Waals surface area contributed by atoms with Gasteiger partial charge in [0.05, 0.1) is 18.7 Å². The molecule has 2 heterocycles. The van der Waals surface area contributed by atoms with Crippen LogP contribution in [0.25, 0.3) is 0 Å². The lowest BCUT2D eigenvalue weighted by atomic mass is 9.78. The van der Waals surface area contributed by atoms with E-state index < -0.39 is 0 Å². The smallest absolute Gasteiger partial charge is 0.220 e. The summed E-state index contributed by atoms with van der Waals surface area (Å²) in [5, 5.41) is 3.06. The highest BCUT2D eigenvalue weighted by Gasteiger charge is 2.55. The fraction of sp³-hybridized carbons (Fsp3) is 0.438. The maximum Gasteiger partial charge on any atom is 0.220 e. The second kappa shape index (κ2) is 4.84. The Bertz CT molecular complexity index is 561. The zero-order valence-electron chi connectivity index (χ0n) is 11.6. The number of rotatable bonds is 3. The monoisotopic (exact) mass is 270 g/mol. The van der Waals surface area contributed by atoms with Crippen LogP contribution < -0.4 is 10.1 Å². The zero-order valence-corrected chi connectivity index (χ0v) is 11.6. The molecule has 4 nitrogen and oxygen atoms in total. The summed E-state index contributed by atoms with van der Waals surface area (Å²) >= 11 is 0. The molecule has 0 aliphatic carbocycles. The number of likely N-dealkylation sites (tertiary alicyclic amines) is 1. The summed E-state index contributed by atoms with van der Waals surface area (Å²) in [6.45, 7) is 1.64. The Labute approximate surface area is 119 Å². The van der Waals surface area contributed by atoms with Crippen molar-refractivity contribution >= 4 is 5.91 Å². The van der Waals surface area contributed by atoms with E-state index >= 15 is 0 Å². The average Bonchev–Trinajstić information content (AvgIpc) is 2.83. The molecular weight excluding hydrogens is 252 g/mol. The number of carbonyl (C=O) groups is 1. The van der Waals surface area contributed by atoms with E-state index in [-0.39, 0.29) is 17.5 Å². The predicted molar refractivity (Wildman–Crippen MR) is 76.1 cm³/mol. The summed E-state index contributed by atoms with van der Waals surface area (Å²) in [4.78, 5) is 13.7. The Balaban J connectivity index is 1.67. The Kier molecular flexibility index (Phi) is 3.15. The number of benzene rings is 1. The third-order valence-corrected chi connectivity index (χ3v) is 4.26. The largest absolute Gasteiger partial charge is 0.497 e. The minimum Gasteiger partial charge on any atom is -0.497 e. The third kappa shape index (κ3) is 2.04. The lowest BCUT2D eigenvalue weighted by Crippen LogP contribution is -2.73. The minimum atomic E-state index is -0.182. The van der Waals surface area contributed by atoms with Crippen molar-refractivity contribution in [1.29, 1.82) is 0 Å². The number of methoxy groups -OCH3 is 1. The van der Waals surface area contributed by atoms with Crippen molar-refractivity contribution in [2.24, 2.45) is 0 Å². The molecule has 1 aromatic rings. The molecule has 2 fully saturated rings. The standard InChI is InChI=1S/C16H18N2O2/c1-3-14-16(9-8-15(19)17-16)11-18(14)10-12-4-6-13(20-2)7-5-12/h1,4-7,14H,8-11H2,2H3,(H,17,19). The number of amides is 1. The SMILES string of the molecule is C#CC1N(Cc2ccc(OC)cc2)CC12CCC(=O)N2. The molecule has 0 aromatic heterocycles. The molecule has 2 atom stereocenters. The molecule has 2 aliphatic rings. The van der Waals surface area contributed by atoms with Gasteiger partial charge in [0.2, 0.25) is 5.91 Å². The summed E-state index contributed by atoms with van der Waals surface area (Å²) < 4.78 is 5.15. The molecular formula is C16H18N2O2. The highest BCUT2D eigenvalue weighted by atomic mass is 16.5. The quantitative estimate of drug-likeness (QED) is 0.838. The first-order valence-electron chi connectivity index (χ1n) is 6.81. The summed E-state index contributed by atoms with van der Waals surface area (Å²) in [5.74, 6) is 3.81. The zero-order chi connectivity index (χ0) is 14.2. The van der Waals surface area contributed by atoms with Crippen LogP contribution in [0.4, 0.5) is 0 Å². The molecule has 4 heteroatoms. The van der Waals surface area contributed by atoms with Crippen LogP contribution in [0, 0.1) is 12.3 Å². The highest BCUT2D eigenvalue weighted by molar-refractivity contribution is 5.80. The van der Waals surface area contributed by atoms with Crippen LogP contribution in [-0.2, 0) is 11.3 Å². The molecule has 1 spiro atoms. The first-order valence-corrected chi connectivity index (χ1v) is 6.81. The van der Waals surface area contributed by atoms with Crippen LogP contribution in [0.2, 0.25) is 0 Å². The van der Waals surface area contributed by atoms with Gasteiger partial charge in [-0.3, -0.25) is 9.69 Å². The number of hydrogen-bond acceptors (Lipinski definition) is 3. The summed E-state index contributed by atoms with van der Waals surface area (Å²) in [7, 11) is 1.66. The second-order valence-electron chi connectivity index (χ2n) is 5.53. The lowest BCUT2D eigenvalue weighted by Gasteiger charge is -2.53. The van der Waals surface area contributed by atoms with Crippen LogP contribution >= 0.6 is 0 Å². The van der Waals surface area contributed by atoms with Crippen molar-refractivity contribution in [3.05, 3.63) is 29.8 Å². The Morgan fingerprint density at radius 1 is 1.50 bits per heavy atom. The van der Waals surface area contributed by atoms with Crippen molar-refractivity contribution in [3.8, 4) is 18.1 Å². The van der Waals surface area contributed by atoms with Crippen LogP contribution in [0.15, 0.2) is 24.3 Å². The van der Waals surface area contributed by atoms with Gasteiger partial charge in [0.25, 0.3) is 0 Å². The molecule has 3 rings (SSSR count). The molecule has 20 heavy (non-hydrogen) atoms. The van der Waals surface area contributed by atoms with Gasteiger partial charge in [0.15, 0.2) is 0 Å². The van der Waals surface area contributed by atoms with Gasteiger partial charge in [-0.25, -0.2) is 0 Å². The molecule has 0 radical (unpaired) electrons. The van der Waals surface area contributed by atoms with E-state index in [0.29, 0.717) is 6.42 Å². The first kappa shape index (κ1) is 13.0. The topological polar surface area (TPSA) is 41.6 Å². The van der Waals surface area contributed by atoms with Gasteiger partial charge in [-0.05, 0) is 24.1 Å². The summed E-state index contributed by atoms with van der Waals surface area (Å²) in [5.41, 5.74) is 1.02. The fourth-order valence-corrected chi connectivity index (χ4v) is 3.22. The van der Waals surface area contributed by atoms with Crippen LogP contribution in [-0.4, -0.2) is 36.0 Å². The number of hydrogen-bond donors (Lipinski definition) is 1. The van der Waals surface area contributed by atoms with Crippen molar-refractivity contribution in [2.45, 2.75) is 31.0 Å². The number of nitrogens with one attached hydrogen (secondary N) is 1. The Morgan fingerprint density at radius 3 is 2.80 bits per heavy atom. The van der Waals surface area contributed by atoms with E-state index in [0.717, 1.165) is 25.3 Å². The van der Waals surface area contributed by atoms with Crippen LogP contribution in [0.3, 0.4) is 0 Å². The first-order chi connectivity index (χ1) is 9.66. The van der Waals surface area contributed by atoms with Gasteiger partial charge in [-0.1, -0.05) is 18.1 Å². The molecule has 2 aliphatic heterocycles. The molecule has 104 valence electrons. The maximum atomic E-state index is 11.4. The number of nitrogens with zero attached hydrogens (tertiary/aromatic N) is 1. The van der Waals surface area contributed by atoms with E-state index in [1.54, 1.807) is 7.11 Å². The highest BCUT2D eigenvalue weighted by Crippen LogP contribution is 2.37. The summed E-state index contributed by atoms with van der Waals surface area (Å²) in [6, 6.07) is 7.99. The van der Waals surface area contributed by atoms with E-state index in [1.807, 2.05) is 24.3 Å².